The monoisotopic (exact) mass is 203 g/mol. The zero-order valence-corrected chi connectivity index (χ0v) is 8.67. The van der Waals surface area contributed by atoms with Gasteiger partial charge in [-0.3, -0.25) is 9.63 Å². The Hall–Kier alpha value is -0.280. The molecule has 3 fully saturated rings. The van der Waals surface area contributed by atoms with Crippen LogP contribution in [0.15, 0.2) is 0 Å². The van der Waals surface area contributed by atoms with E-state index >= 15 is 0 Å². The summed E-state index contributed by atoms with van der Waals surface area (Å²) < 4.78 is 0. The van der Waals surface area contributed by atoms with Gasteiger partial charge in [-0.25, -0.2) is 5.06 Å². The third-order valence-corrected chi connectivity index (χ3v) is 3.93. The normalized spacial score (nSPS) is 41.5. The van der Waals surface area contributed by atoms with Crippen molar-refractivity contribution in [1.82, 2.24) is 5.06 Å². The summed E-state index contributed by atoms with van der Waals surface area (Å²) in [6, 6.07) is 0. The molecule has 0 unspecified atom stereocenters. The maximum absolute atomic E-state index is 11.8. The summed E-state index contributed by atoms with van der Waals surface area (Å²) in [6.07, 6.45) is 2.73. The highest BCUT2D eigenvalue weighted by molar-refractivity contribution is 6.21. The van der Waals surface area contributed by atoms with Crippen molar-refractivity contribution in [1.29, 1.82) is 0 Å². The number of hydrogen-bond donors (Lipinski definition) is 0. The first-order chi connectivity index (χ1) is 6.09. The first-order valence-electron chi connectivity index (χ1n) is 4.55. The number of nitrogens with zero attached hydrogens (tertiary/aromatic N) is 1. The van der Waals surface area contributed by atoms with Crippen LogP contribution in [-0.4, -0.2) is 30.5 Å². The van der Waals surface area contributed by atoms with Gasteiger partial charge >= 0.3 is 0 Å². The van der Waals surface area contributed by atoms with E-state index < -0.39 is 0 Å². The number of carbonyl (C=O) groups is 1. The third kappa shape index (κ3) is 1.17. The van der Waals surface area contributed by atoms with Crippen LogP contribution in [0.1, 0.15) is 19.3 Å². The minimum atomic E-state index is -0.179. The predicted molar refractivity (Wildman–Crippen MR) is 49.2 cm³/mol. The van der Waals surface area contributed by atoms with E-state index in [1.807, 2.05) is 0 Å². The predicted octanol–water partition coefficient (Wildman–Crippen LogP) is 1.41. The van der Waals surface area contributed by atoms with Crippen molar-refractivity contribution in [3.8, 4) is 0 Å². The van der Waals surface area contributed by atoms with Crippen molar-refractivity contribution in [2.24, 2.45) is 11.3 Å². The molecule has 13 heavy (non-hydrogen) atoms. The lowest BCUT2D eigenvalue weighted by Crippen LogP contribution is -2.44. The van der Waals surface area contributed by atoms with Crippen LogP contribution in [0.5, 0.6) is 0 Å². The molecule has 0 N–H and O–H groups in total. The second kappa shape index (κ2) is 2.85. The van der Waals surface area contributed by atoms with Crippen LogP contribution in [-0.2, 0) is 9.63 Å². The van der Waals surface area contributed by atoms with Gasteiger partial charge in [-0.05, 0) is 25.2 Å². The first kappa shape index (κ1) is 9.28. The third-order valence-electron chi connectivity index (χ3n) is 3.42. The molecular formula is C9H14ClNO2. The van der Waals surface area contributed by atoms with Gasteiger partial charge in [0.2, 0.25) is 0 Å². The molecule has 0 saturated heterocycles. The Morgan fingerprint density at radius 1 is 1.54 bits per heavy atom. The zero-order valence-electron chi connectivity index (χ0n) is 7.92. The van der Waals surface area contributed by atoms with E-state index in [2.05, 4.69) is 0 Å². The van der Waals surface area contributed by atoms with E-state index in [-0.39, 0.29) is 16.7 Å². The lowest BCUT2D eigenvalue weighted by atomic mass is 9.69. The molecule has 3 aliphatic carbocycles. The van der Waals surface area contributed by atoms with Crippen molar-refractivity contribution < 1.29 is 9.63 Å². The van der Waals surface area contributed by atoms with Crippen molar-refractivity contribution >= 4 is 17.5 Å². The molecule has 0 heterocycles. The highest BCUT2D eigenvalue weighted by Gasteiger charge is 2.60. The second-order valence-electron chi connectivity index (χ2n) is 4.15. The van der Waals surface area contributed by atoms with Crippen LogP contribution in [0.2, 0.25) is 0 Å². The lowest BCUT2D eigenvalue weighted by molar-refractivity contribution is -0.184. The number of hydrogen-bond acceptors (Lipinski definition) is 2. The maximum Gasteiger partial charge on any atom is 0.252 e. The summed E-state index contributed by atoms with van der Waals surface area (Å²) in [6.45, 7) is 0. The van der Waals surface area contributed by atoms with E-state index in [4.69, 9.17) is 16.4 Å². The Morgan fingerprint density at radius 3 is 2.54 bits per heavy atom. The zero-order chi connectivity index (χ0) is 9.64. The number of hydroxylamine groups is 2. The smallest absolute Gasteiger partial charge is 0.252 e. The van der Waals surface area contributed by atoms with Crippen LogP contribution in [0.4, 0.5) is 0 Å². The highest BCUT2D eigenvalue weighted by Crippen LogP contribution is 2.61. The fourth-order valence-corrected chi connectivity index (χ4v) is 3.06. The molecule has 3 aliphatic rings. The minimum Gasteiger partial charge on any atom is -0.275 e. The van der Waals surface area contributed by atoms with E-state index in [0.29, 0.717) is 5.92 Å². The van der Waals surface area contributed by atoms with E-state index in [0.717, 1.165) is 19.3 Å². The van der Waals surface area contributed by atoms with Crippen molar-refractivity contribution in [2.75, 3.05) is 14.2 Å². The average molecular weight is 204 g/mol. The summed E-state index contributed by atoms with van der Waals surface area (Å²) in [4.78, 5) is 16.7. The van der Waals surface area contributed by atoms with E-state index in [9.17, 15) is 4.79 Å². The molecule has 74 valence electrons. The van der Waals surface area contributed by atoms with Crippen LogP contribution < -0.4 is 0 Å². The molecule has 3 saturated carbocycles. The number of fused-ring (bicyclic) bond motifs is 1. The fourth-order valence-electron chi connectivity index (χ4n) is 2.59. The number of rotatable bonds is 2. The van der Waals surface area contributed by atoms with Gasteiger partial charge < -0.3 is 0 Å². The van der Waals surface area contributed by atoms with Gasteiger partial charge in [-0.15, -0.1) is 11.6 Å². The molecule has 2 bridgehead atoms. The summed E-state index contributed by atoms with van der Waals surface area (Å²) in [5, 5.41) is 1.53. The van der Waals surface area contributed by atoms with Gasteiger partial charge in [0.15, 0.2) is 0 Å². The quantitative estimate of drug-likeness (QED) is 0.502. The lowest BCUT2D eigenvalue weighted by Gasteiger charge is -2.38. The molecule has 0 spiro atoms. The van der Waals surface area contributed by atoms with Gasteiger partial charge in [-0.1, -0.05) is 0 Å². The molecule has 1 amide bonds. The van der Waals surface area contributed by atoms with Crippen molar-refractivity contribution in [3.63, 3.8) is 0 Å². The van der Waals surface area contributed by atoms with Gasteiger partial charge in [0.1, 0.15) is 0 Å². The molecule has 0 aromatic rings. The van der Waals surface area contributed by atoms with Crippen LogP contribution in [0.3, 0.4) is 0 Å². The average Bonchev–Trinajstić information content (AvgIpc) is 2.53. The molecular weight excluding hydrogens is 190 g/mol. The second-order valence-corrected chi connectivity index (χ2v) is 4.71. The fraction of sp³-hybridized carbons (Fsp3) is 0.889. The Balaban J connectivity index is 2.06. The highest BCUT2D eigenvalue weighted by atomic mass is 35.5. The summed E-state index contributed by atoms with van der Waals surface area (Å²) in [5.41, 5.74) is -0.179. The number of carbonyl (C=O) groups excluding carboxylic acids is 1. The SMILES string of the molecule is CON(C)C(=O)C12CC(C1)[C@@H](Cl)C2. The molecule has 0 radical (unpaired) electrons. The summed E-state index contributed by atoms with van der Waals surface area (Å²) in [7, 11) is 3.17. The van der Waals surface area contributed by atoms with Gasteiger partial charge in [0, 0.05) is 12.4 Å². The maximum atomic E-state index is 11.8. The minimum absolute atomic E-state index is 0.0920. The molecule has 3 rings (SSSR count). The Morgan fingerprint density at radius 2 is 2.15 bits per heavy atom. The number of amides is 1. The number of halogens is 1. The molecule has 0 aromatic heterocycles. The largest absolute Gasteiger partial charge is 0.275 e. The Labute approximate surface area is 82.9 Å². The van der Waals surface area contributed by atoms with Crippen LogP contribution >= 0.6 is 11.6 Å². The molecule has 4 heteroatoms. The van der Waals surface area contributed by atoms with Crippen molar-refractivity contribution in [2.45, 2.75) is 24.6 Å². The first-order valence-corrected chi connectivity index (χ1v) is 4.99. The number of alkyl halides is 1. The summed E-state index contributed by atoms with van der Waals surface area (Å²) in [5.74, 6) is 0.658. The molecule has 1 atom stereocenters. The van der Waals surface area contributed by atoms with E-state index in [1.165, 1.54) is 12.2 Å². The Bertz CT molecular complexity index is 238. The van der Waals surface area contributed by atoms with Crippen molar-refractivity contribution in [3.05, 3.63) is 0 Å². The van der Waals surface area contributed by atoms with Crippen LogP contribution in [0.25, 0.3) is 0 Å². The van der Waals surface area contributed by atoms with Gasteiger partial charge in [-0.2, -0.15) is 0 Å². The molecule has 0 aliphatic heterocycles. The Kier molecular flexibility index (Phi) is 2.04. The van der Waals surface area contributed by atoms with E-state index in [1.54, 1.807) is 7.05 Å². The van der Waals surface area contributed by atoms with Gasteiger partial charge in [0.05, 0.1) is 12.5 Å². The van der Waals surface area contributed by atoms with Crippen LogP contribution in [0, 0.1) is 11.3 Å². The standard InChI is InChI=1S/C9H14ClNO2/c1-11(13-2)8(12)9-3-6(4-9)7(10)5-9/h6-7H,3-5H2,1-2H3/t6?,7-,9?/m0/s1. The van der Waals surface area contributed by atoms with Gasteiger partial charge in [0.25, 0.3) is 5.91 Å². The topological polar surface area (TPSA) is 29.5 Å². The summed E-state index contributed by atoms with van der Waals surface area (Å²) >= 11 is 6.07. The molecule has 0 aromatic carbocycles. The molecule has 3 nitrogen and oxygen atoms in total.